The summed E-state index contributed by atoms with van der Waals surface area (Å²) in [7, 11) is 1.74. The molecule has 18 heavy (non-hydrogen) atoms. The van der Waals surface area contributed by atoms with Gasteiger partial charge in [0, 0.05) is 6.04 Å². The minimum absolute atomic E-state index is 0.639. The van der Waals surface area contributed by atoms with E-state index < -0.39 is 0 Å². The Morgan fingerprint density at radius 3 is 2.67 bits per heavy atom. The van der Waals surface area contributed by atoms with Crippen LogP contribution in [0.25, 0.3) is 0 Å². The maximum Gasteiger partial charge on any atom is 0.141 e. The van der Waals surface area contributed by atoms with Crippen LogP contribution in [0.3, 0.4) is 0 Å². The molecule has 2 unspecified atom stereocenters. The molecule has 0 aromatic heterocycles. The highest BCUT2D eigenvalue weighted by Gasteiger charge is 2.34. The highest BCUT2D eigenvalue weighted by Crippen LogP contribution is 2.44. The molecule has 2 heteroatoms. The van der Waals surface area contributed by atoms with E-state index >= 15 is 0 Å². The molecule has 3 rings (SSSR count). The van der Waals surface area contributed by atoms with Crippen molar-refractivity contribution in [3.8, 4) is 5.75 Å². The Morgan fingerprint density at radius 1 is 1.06 bits per heavy atom. The Bertz CT molecular complexity index is 400. The first-order chi connectivity index (χ1) is 8.86. The predicted molar refractivity (Wildman–Crippen MR) is 75.1 cm³/mol. The van der Waals surface area contributed by atoms with Crippen LogP contribution in [0.1, 0.15) is 38.5 Å². The van der Waals surface area contributed by atoms with E-state index in [0.29, 0.717) is 6.04 Å². The van der Waals surface area contributed by atoms with E-state index in [1.54, 1.807) is 7.11 Å². The smallest absolute Gasteiger partial charge is 0.141 e. The normalized spacial score (nSPS) is 27.8. The monoisotopic (exact) mass is 245 g/mol. The van der Waals surface area contributed by atoms with Gasteiger partial charge in [0.1, 0.15) is 5.75 Å². The molecule has 0 amide bonds. The van der Waals surface area contributed by atoms with Gasteiger partial charge >= 0.3 is 0 Å². The SMILES string of the molecule is COc1ccccc1NC1CCCC(C2CC2)C1. The third kappa shape index (κ3) is 2.63. The summed E-state index contributed by atoms with van der Waals surface area (Å²) in [5, 5.41) is 3.69. The Hall–Kier alpha value is -1.18. The van der Waals surface area contributed by atoms with Gasteiger partial charge in [0.2, 0.25) is 0 Å². The Morgan fingerprint density at radius 2 is 1.89 bits per heavy atom. The van der Waals surface area contributed by atoms with Crippen molar-refractivity contribution in [1.82, 2.24) is 0 Å². The van der Waals surface area contributed by atoms with Gasteiger partial charge in [-0.25, -0.2) is 0 Å². The lowest BCUT2D eigenvalue weighted by molar-refractivity contribution is 0.302. The van der Waals surface area contributed by atoms with E-state index in [1.165, 1.54) is 38.5 Å². The lowest BCUT2D eigenvalue weighted by Crippen LogP contribution is -2.28. The molecule has 0 radical (unpaired) electrons. The van der Waals surface area contributed by atoms with Gasteiger partial charge in [-0.1, -0.05) is 25.0 Å². The van der Waals surface area contributed by atoms with Crippen molar-refractivity contribution < 1.29 is 4.74 Å². The molecule has 0 bridgehead atoms. The van der Waals surface area contributed by atoms with Gasteiger partial charge < -0.3 is 10.1 Å². The molecule has 0 aliphatic heterocycles. The summed E-state index contributed by atoms with van der Waals surface area (Å²) in [6, 6.07) is 8.90. The third-order valence-corrected chi connectivity index (χ3v) is 4.47. The van der Waals surface area contributed by atoms with Crippen LogP contribution in [0.2, 0.25) is 0 Å². The second-order valence-corrected chi connectivity index (χ2v) is 5.81. The predicted octanol–water partition coefficient (Wildman–Crippen LogP) is 4.08. The Kier molecular flexibility index (Phi) is 3.44. The molecular formula is C16H23NO. The fourth-order valence-corrected chi connectivity index (χ4v) is 3.34. The number of ether oxygens (including phenoxy) is 1. The lowest BCUT2D eigenvalue weighted by atomic mass is 9.82. The number of nitrogens with one attached hydrogen (secondary N) is 1. The van der Waals surface area contributed by atoms with E-state index in [9.17, 15) is 0 Å². The quantitative estimate of drug-likeness (QED) is 0.863. The van der Waals surface area contributed by atoms with E-state index in [2.05, 4.69) is 17.4 Å². The van der Waals surface area contributed by atoms with Crippen molar-refractivity contribution in [3.05, 3.63) is 24.3 Å². The summed E-state index contributed by atoms with van der Waals surface area (Å²) in [5.74, 6) is 2.99. The number of para-hydroxylation sites is 2. The summed E-state index contributed by atoms with van der Waals surface area (Å²) in [6.07, 6.45) is 8.45. The van der Waals surface area contributed by atoms with Crippen LogP contribution in [-0.2, 0) is 0 Å². The Labute approximate surface area is 110 Å². The first-order valence-corrected chi connectivity index (χ1v) is 7.26. The largest absolute Gasteiger partial charge is 0.495 e. The van der Waals surface area contributed by atoms with Gasteiger partial charge in [0.05, 0.1) is 12.8 Å². The molecule has 0 heterocycles. The van der Waals surface area contributed by atoms with Crippen molar-refractivity contribution in [2.24, 2.45) is 11.8 Å². The molecule has 2 fully saturated rings. The minimum Gasteiger partial charge on any atom is -0.495 e. The highest BCUT2D eigenvalue weighted by atomic mass is 16.5. The van der Waals surface area contributed by atoms with Crippen LogP contribution in [0.5, 0.6) is 5.75 Å². The topological polar surface area (TPSA) is 21.3 Å². The van der Waals surface area contributed by atoms with E-state index in [-0.39, 0.29) is 0 Å². The number of benzene rings is 1. The summed E-state index contributed by atoms with van der Waals surface area (Å²) >= 11 is 0. The lowest BCUT2D eigenvalue weighted by Gasteiger charge is -2.31. The third-order valence-electron chi connectivity index (χ3n) is 4.47. The van der Waals surface area contributed by atoms with Gasteiger partial charge in [0.25, 0.3) is 0 Å². The standard InChI is InChI=1S/C16H23NO/c1-18-16-8-3-2-7-15(16)17-14-6-4-5-13(11-14)12-9-10-12/h2-3,7-8,12-14,17H,4-6,9-11H2,1H3. The molecule has 1 aromatic rings. The van der Waals surface area contributed by atoms with Crippen molar-refractivity contribution in [1.29, 1.82) is 0 Å². The summed E-state index contributed by atoms with van der Waals surface area (Å²) in [6.45, 7) is 0. The van der Waals surface area contributed by atoms with Gasteiger partial charge in [-0.15, -0.1) is 0 Å². The zero-order valence-corrected chi connectivity index (χ0v) is 11.2. The van der Waals surface area contributed by atoms with E-state index in [1.807, 2.05) is 12.1 Å². The molecule has 98 valence electrons. The first kappa shape index (κ1) is 11.9. The molecule has 2 aliphatic carbocycles. The molecule has 2 saturated carbocycles. The van der Waals surface area contributed by atoms with E-state index in [4.69, 9.17) is 4.74 Å². The van der Waals surface area contributed by atoms with E-state index in [0.717, 1.165) is 23.3 Å². The van der Waals surface area contributed by atoms with Crippen LogP contribution in [0, 0.1) is 11.8 Å². The van der Waals surface area contributed by atoms with Crippen molar-refractivity contribution in [3.63, 3.8) is 0 Å². The molecule has 1 aromatic carbocycles. The first-order valence-electron chi connectivity index (χ1n) is 7.26. The number of anilines is 1. The number of hydrogen-bond acceptors (Lipinski definition) is 2. The van der Waals surface area contributed by atoms with Gasteiger partial charge in [-0.2, -0.15) is 0 Å². The van der Waals surface area contributed by atoms with Crippen LogP contribution >= 0.6 is 0 Å². The second-order valence-electron chi connectivity index (χ2n) is 5.81. The number of hydrogen-bond donors (Lipinski definition) is 1. The van der Waals surface area contributed by atoms with Gasteiger partial charge in [0.15, 0.2) is 0 Å². The van der Waals surface area contributed by atoms with Crippen molar-refractivity contribution >= 4 is 5.69 Å². The number of methoxy groups -OCH3 is 1. The fourth-order valence-electron chi connectivity index (χ4n) is 3.34. The molecule has 2 aliphatic rings. The molecular weight excluding hydrogens is 222 g/mol. The van der Waals surface area contributed by atoms with Crippen molar-refractivity contribution in [2.75, 3.05) is 12.4 Å². The second kappa shape index (κ2) is 5.21. The zero-order chi connectivity index (χ0) is 12.4. The summed E-state index contributed by atoms with van der Waals surface area (Å²) in [4.78, 5) is 0. The molecule has 0 saturated heterocycles. The maximum atomic E-state index is 5.41. The molecule has 2 atom stereocenters. The average molecular weight is 245 g/mol. The number of rotatable bonds is 4. The zero-order valence-electron chi connectivity index (χ0n) is 11.2. The summed E-state index contributed by atoms with van der Waals surface area (Å²) < 4.78 is 5.41. The Balaban J connectivity index is 1.64. The summed E-state index contributed by atoms with van der Waals surface area (Å²) in [5.41, 5.74) is 1.15. The fraction of sp³-hybridized carbons (Fsp3) is 0.625. The van der Waals surface area contributed by atoms with Gasteiger partial charge in [-0.3, -0.25) is 0 Å². The minimum atomic E-state index is 0.639. The molecule has 1 N–H and O–H groups in total. The molecule has 0 spiro atoms. The van der Waals surface area contributed by atoms with Crippen LogP contribution in [0.15, 0.2) is 24.3 Å². The van der Waals surface area contributed by atoms with Crippen molar-refractivity contribution in [2.45, 2.75) is 44.6 Å². The van der Waals surface area contributed by atoms with Crippen LogP contribution in [0.4, 0.5) is 5.69 Å². The average Bonchev–Trinajstić information content (AvgIpc) is 3.24. The van der Waals surface area contributed by atoms with Crippen LogP contribution in [-0.4, -0.2) is 13.2 Å². The molecule has 2 nitrogen and oxygen atoms in total. The van der Waals surface area contributed by atoms with Gasteiger partial charge in [-0.05, 0) is 49.7 Å². The maximum absolute atomic E-state index is 5.41. The van der Waals surface area contributed by atoms with Crippen LogP contribution < -0.4 is 10.1 Å². The highest BCUT2D eigenvalue weighted by molar-refractivity contribution is 5.56.